The molecular formula is C14H19F2N. The van der Waals surface area contributed by atoms with Gasteiger partial charge in [-0.3, -0.25) is 0 Å². The van der Waals surface area contributed by atoms with Crippen molar-refractivity contribution in [2.24, 2.45) is 11.8 Å². The zero-order chi connectivity index (χ0) is 12.4. The lowest BCUT2D eigenvalue weighted by atomic mass is 9.91. The fraction of sp³-hybridized carbons (Fsp3) is 0.571. The molecule has 0 radical (unpaired) electrons. The van der Waals surface area contributed by atoms with Crippen molar-refractivity contribution in [2.45, 2.75) is 32.2 Å². The van der Waals surface area contributed by atoms with E-state index in [2.05, 4.69) is 12.2 Å². The molecule has 0 spiro atoms. The molecule has 3 heteroatoms. The van der Waals surface area contributed by atoms with Crippen LogP contribution in [0.2, 0.25) is 0 Å². The third-order valence-electron chi connectivity index (χ3n) is 3.86. The molecule has 1 fully saturated rings. The quantitative estimate of drug-likeness (QED) is 0.832. The highest BCUT2D eigenvalue weighted by molar-refractivity contribution is 5.21. The Labute approximate surface area is 101 Å². The van der Waals surface area contributed by atoms with Gasteiger partial charge in [0.05, 0.1) is 0 Å². The highest BCUT2D eigenvalue weighted by Gasteiger charge is 2.33. The maximum absolute atomic E-state index is 13.6. The van der Waals surface area contributed by atoms with Gasteiger partial charge in [-0.15, -0.1) is 0 Å². The highest BCUT2D eigenvalue weighted by Crippen LogP contribution is 2.39. The number of benzene rings is 1. The van der Waals surface area contributed by atoms with Crippen LogP contribution in [0.3, 0.4) is 0 Å². The smallest absolute Gasteiger partial charge is 0.129 e. The standard InChI is InChI=1S/C14H19F2N/c1-9(10-6-7-10)14(17-2)8-11-12(15)4-3-5-13(11)16/h3-5,9-10,14,17H,6-8H2,1-2H3. The second kappa shape index (κ2) is 5.13. The van der Waals surface area contributed by atoms with Crippen molar-refractivity contribution in [2.75, 3.05) is 7.05 Å². The third kappa shape index (κ3) is 2.83. The summed E-state index contributed by atoms with van der Waals surface area (Å²) in [6.07, 6.45) is 2.92. The van der Waals surface area contributed by atoms with Gasteiger partial charge in [0.2, 0.25) is 0 Å². The minimum absolute atomic E-state index is 0.147. The normalized spacial score (nSPS) is 19.1. The van der Waals surface area contributed by atoms with Crippen molar-refractivity contribution in [1.82, 2.24) is 5.32 Å². The van der Waals surface area contributed by atoms with Gasteiger partial charge in [0.25, 0.3) is 0 Å². The zero-order valence-electron chi connectivity index (χ0n) is 10.3. The predicted octanol–water partition coefficient (Wildman–Crippen LogP) is 3.14. The first-order chi connectivity index (χ1) is 8.13. The number of rotatable bonds is 5. The molecule has 0 heterocycles. The fourth-order valence-electron chi connectivity index (χ4n) is 2.45. The van der Waals surface area contributed by atoms with Crippen LogP contribution in [0.4, 0.5) is 8.78 Å². The van der Waals surface area contributed by atoms with E-state index >= 15 is 0 Å². The van der Waals surface area contributed by atoms with E-state index in [4.69, 9.17) is 0 Å². The summed E-state index contributed by atoms with van der Waals surface area (Å²) in [5, 5.41) is 3.19. The number of halogens is 2. The molecule has 2 unspecified atom stereocenters. The molecule has 1 aromatic rings. The Morgan fingerprint density at radius 3 is 2.35 bits per heavy atom. The average molecular weight is 239 g/mol. The molecule has 2 rings (SSSR count). The minimum Gasteiger partial charge on any atom is -0.316 e. The van der Waals surface area contributed by atoms with Gasteiger partial charge in [-0.25, -0.2) is 8.78 Å². The van der Waals surface area contributed by atoms with Crippen LogP contribution in [0.5, 0.6) is 0 Å². The fourth-order valence-corrected chi connectivity index (χ4v) is 2.45. The number of likely N-dealkylation sites (N-methyl/N-ethyl adjacent to an activating group) is 1. The van der Waals surface area contributed by atoms with E-state index < -0.39 is 11.6 Å². The van der Waals surface area contributed by atoms with Crippen LogP contribution in [0.25, 0.3) is 0 Å². The van der Waals surface area contributed by atoms with E-state index in [9.17, 15) is 8.78 Å². The van der Waals surface area contributed by atoms with Crippen LogP contribution in [0.1, 0.15) is 25.3 Å². The summed E-state index contributed by atoms with van der Waals surface area (Å²) in [7, 11) is 1.86. The Balaban J connectivity index is 2.12. The Bertz CT molecular complexity index is 368. The van der Waals surface area contributed by atoms with Crippen LogP contribution in [0, 0.1) is 23.5 Å². The lowest BCUT2D eigenvalue weighted by Gasteiger charge is -2.24. The Morgan fingerprint density at radius 1 is 1.29 bits per heavy atom. The maximum Gasteiger partial charge on any atom is 0.129 e. The predicted molar refractivity (Wildman–Crippen MR) is 64.8 cm³/mol. The monoisotopic (exact) mass is 239 g/mol. The van der Waals surface area contributed by atoms with E-state index in [0.29, 0.717) is 12.3 Å². The first-order valence-electron chi connectivity index (χ1n) is 6.23. The summed E-state index contributed by atoms with van der Waals surface area (Å²) in [6.45, 7) is 2.16. The minimum atomic E-state index is -0.437. The van der Waals surface area contributed by atoms with Crippen LogP contribution in [-0.4, -0.2) is 13.1 Å². The number of nitrogens with one attached hydrogen (secondary N) is 1. The van der Waals surface area contributed by atoms with Crippen molar-refractivity contribution in [3.8, 4) is 0 Å². The van der Waals surface area contributed by atoms with Gasteiger partial charge in [0.15, 0.2) is 0 Å². The van der Waals surface area contributed by atoms with Gasteiger partial charge in [-0.2, -0.15) is 0 Å². The summed E-state index contributed by atoms with van der Waals surface area (Å²) < 4.78 is 27.1. The van der Waals surface area contributed by atoms with Crippen LogP contribution < -0.4 is 5.32 Å². The SMILES string of the molecule is CNC(Cc1c(F)cccc1F)C(C)C1CC1. The Hall–Kier alpha value is -0.960. The van der Waals surface area contributed by atoms with Gasteiger partial charge < -0.3 is 5.32 Å². The molecule has 0 amide bonds. The summed E-state index contributed by atoms with van der Waals surface area (Å²) in [5.74, 6) is 0.322. The van der Waals surface area contributed by atoms with Crippen molar-refractivity contribution >= 4 is 0 Å². The molecule has 1 aromatic carbocycles. The second-order valence-corrected chi connectivity index (χ2v) is 5.00. The van der Waals surface area contributed by atoms with E-state index in [-0.39, 0.29) is 11.6 Å². The largest absolute Gasteiger partial charge is 0.316 e. The zero-order valence-corrected chi connectivity index (χ0v) is 10.3. The molecule has 1 aliphatic carbocycles. The number of hydrogen-bond acceptors (Lipinski definition) is 1. The lowest BCUT2D eigenvalue weighted by molar-refractivity contribution is 0.350. The highest BCUT2D eigenvalue weighted by atomic mass is 19.1. The summed E-state index contributed by atoms with van der Waals surface area (Å²) in [4.78, 5) is 0. The van der Waals surface area contributed by atoms with Gasteiger partial charge >= 0.3 is 0 Å². The van der Waals surface area contributed by atoms with Crippen LogP contribution in [-0.2, 0) is 6.42 Å². The first-order valence-corrected chi connectivity index (χ1v) is 6.23. The Kier molecular flexibility index (Phi) is 3.77. The molecule has 1 nitrogen and oxygen atoms in total. The first kappa shape index (κ1) is 12.5. The van der Waals surface area contributed by atoms with Crippen molar-refractivity contribution in [1.29, 1.82) is 0 Å². The Morgan fingerprint density at radius 2 is 1.88 bits per heavy atom. The lowest BCUT2D eigenvalue weighted by Crippen LogP contribution is -2.35. The van der Waals surface area contributed by atoms with E-state index in [1.165, 1.54) is 31.0 Å². The maximum atomic E-state index is 13.6. The molecular weight excluding hydrogens is 220 g/mol. The molecule has 0 bridgehead atoms. The third-order valence-corrected chi connectivity index (χ3v) is 3.86. The van der Waals surface area contributed by atoms with E-state index in [1.807, 2.05) is 7.05 Å². The van der Waals surface area contributed by atoms with Gasteiger partial charge in [0, 0.05) is 11.6 Å². The molecule has 0 aromatic heterocycles. The molecule has 0 aliphatic heterocycles. The van der Waals surface area contributed by atoms with E-state index in [1.54, 1.807) is 0 Å². The molecule has 1 aliphatic rings. The van der Waals surface area contributed by atoms with Crippen molar-refractivity contribution in [3.63, 3.8) is 0 Å². The van der Waals surface area contributed by atoms with E-state index in [0.717, 1.165) is 5.92 Å². The van der Waals surface area contributed by atoms with Crippen LogP contribution >= 0.6 is 0 Å². The summed E-state index contributed by atoms with van der Waals surface area (Å²) in [5.41, 5.74) is 0.208. The summed E-state index contributed by atoms with van der Waals surface area (Å²) in [6, 6.07) is 4.21. The number of hydrogen-bond donors (Lipinski definition) is 1. The molecule has 2 atom stereocenters. The van der Waals surface area contributed by atoms with Crippen LogP contribution in [0.15, 0.2) is 18.2 Å². The van der Waals surface area contributed by atoms with Gasteiger partial charge in [-0.05, 0) is 50.3 Å². The van der Waals surface area contributed by atoms with Gasteiger partial charge in [0.1, 0.15) is 11.6 Å². The summed E-state index contributed by atoms with van der Waals surface area (Å²) >= 11 is 0. The average Bonchev–Trinajstić information content (AvgIpc) is 3.12. The topological polar surface area (TPSA) is 12.0 Å². The molecule has 0 saturated heterocycles. The van der Waals surface area contributed by atoms with Crippen molar-refractivity contribution < 1.29 is 8.78 Å². The second-order valence-electron chi connectivity index (χ2n) is 5.00. The molecule has 1 N–H and O–H groups in total. The molecule has 1 saturated carbocycles. The van der Waals surface area contributed by atoms with Crippen molar-refractivity contribution in [3.05, 3.63) is 35.4 Å². The van der Waals surface area contributed by atoms with Gasteiger partial charge in [-0.1, -0.05) is 13.0 Å². The molecule has 17 heavy (non-hydrogen) atoms. The molecule has 94 valence electrons.